The minimum Gasteiger partial charge on any atom is -0.267 e. The second-order valence-corrected chi connectivity index (χ2v) is 11.3. The summed E-state index contributed by atoms with van der Waals surface area (Å²) in [5, 5.41) is 1.92. The molecule has 0 bridgehead atoms. The number of hydrogen-bond acceptors (Lipinski definition) is 5. The van der Waals surface area contributed by atoms with Crippen LogP contribution >= 0.6 is 11.3 Å². The minimum absolute atomic E-state index is 0.242. The summed E-state index contributed by atoms with van der Waals surface area (Å²) in [5.41, 5.74) is 4.14. The number of aromatic nitrogens is 3. The van der Waals surface area contributed by atoms with Crippen molar-refractivity contribution in [2.24, 2.45) is 0 Å². The number of thiazole rings is 1. The van der Waals surface area contributed by atoms with Crippen molar-refractivity contribution in [1.82, 2.24) is 14.4 Å². The van der Waals surface area contributed by atoms with Gasteiger partial charge in [0.2, 0.25) is 9.84 Å². The lowest BCUT2D eigenvalue weighted by atomic mass is 10.0. The van der Waals surface area contributed by atoms with Gasteiger partial charge < -0.3 is 0 Å². The monoisotopic (exact) mass is 491 g/mol. The summed E-state index contributed by atoms with van der Waals surface area (Å²) < 4.78 is 29.8. The van der Waals surface area contributed by atoms with E-state index >= 15 is 0 Å². The van der Waals surface area contributed by atoms with Crippen molar-refractivity contribution in [2.45, 2.75) is 9.79 Å². The van der Waals surface area contributed by atoms with Crippen LogP contribution in [0.4, 0.5) is 0 Å². The first-order chi connectivity index (χ1) is 17.1. The van der Waals surface area contributed by atoms with E-state index in [-0.39, 0.29) is 9.79 Å². The number of nitrogens with zero attached hydrogens (tertiary/aromatic N) is 3. The van der Waals surface area contributed by atoms with Gasteiger partial charge in [-0.25, -0.2) is 18.4 Å². The standard InChI is InChI=1S/C28H17N3O2S2/c32-35(33,19-10-2-1-3-11-19)20-12-8-9-18(17-20)25-21-13-4-5-14-22(21)26-27(29-25)31-23-15-6-7-16-24(23)34-28(31)30-26/h1-17H. The molecule has 0 saturated carbocycles. The molecule has 5 nitrogen and oxygen atoms in total. The number of para-hydroxylation sites is 1. The van der Waals surface area contributed by atoms with Gasteiger partial charge in [-0.2, -0.15) is 0 Å². The maximum Gasteiger partial charge on any atom is 0.206 e. The van der Waals surface area contributed by atoms with Crippen LogP contribution < -0.4 is 0 Å². The summed E-state index contributed by atoms with van der Waals surface area (Å²) in [6.07, 6.45) is 0. The number of fused-ring (bicyclic) bond motifs is 7. The molecule has 7 heteroatoms. The molecule has 0 N–H and O–H groups in total. The van der Waals surface area contributed by atoms with Gasteiger partial charge in [-0.15, -0.1) is 0 Å². The van der Waals surface area contributed by atoms with Crippen molar-refractivity contribution in [3.8, 4) is 11.3 Å². The molecule has 7 rings (SSSR count). The predicted molar refractivity (Wildman–Crippen MR) is 141 cm³/mol. The van der Waals surface area contributed by atoms with E-state index in [4.69, 9.17) is 9.97 Å². The fourth-order valence-corrected chi connectivity index (χ4v) is 6.96. The van der Waals surface area contributed by atoms with Gasteiger partial charge >= 0.3 is 0 Å². The lowest BCUT2D eigenvalue weighted by Crippen LogP contribution is -2.02. The summed E-state index contributed by atoms with van der Waals surface area (Å²) in [6.45, 7) is 0. The van der Waals surface area contributed by atoms with E-state index in [1.807, 2.05) is 42.5 Å². The van der Waals surface area contributed by atoms with E-state index in [1.54, 1.807) is 59.9 Å². The summed E-state index contributed by atoms with van der Waals surface area (Å²) in [4.78, 5) is 11.4. The van der Waals surface area contributed by atoms with Gasteiger partial charge in [-0.3, -0.25) is 4.40 Å². The van der Waals surface area contributed by atoms with Gasteiger partial charge in [0.05, 0.1) is 25.7 Å². The fourth-order valence-electron chi connectivity index (χ4n) is 4.62. The molecule has 0 aliphatic heterocycles. The van der Waals surface area contributed by atoms with Gasteiger partial charge in [-0.05, 0) is 36.4 Å². The molecule has 0 fully saturated rings. The van der Waals surface area contributed by atoms with Crippen LogP contribution in [0.15, 0.2) is 113 Å². The van der Waals surface area contributed by atoms with Crippen LogP contribution in [0.2, 0.25) is 0 Å². The van der Waals surface area contributed by atoms with Gasteiger partial charge in [0.1, 0.15) is 5.52 Å². The Hall–Kier alpha value is -4.07. The Morgan fingerprint density at radius 1 is 0.686 bits per heavy atom. The quantitative estimate of drug-likeness (QED) is 0.274. The third-order valence-corrected chi connectivity index (χ3v) is 9.04. The molecular weight excluding hydrogens is 474 g/mol. The number of rotatable bonds is 3. The van der Waals surface area contributed by atoms with E-state index in [0.29, 0.717) is 0 Å². The van der Waals surface area contributed by atoms with Crippen molar-refractivity contribution in [3.63, 3.8) is 0 Å². The second-order valence-electron chi connectivity index (χ2n) is 8.32. The molecule has 0 radical (unpaired) electrons. The lowest BCUT2D eigenvalue weighted by molar-refractivity contribution is 0.596. The molecule has 0 unspecified atom stereocenters. The molecule has 0 aliphatic carbocycles. The molecule has 35 heavy (non-hydrogen) atoms. The van der Waals surface area contributed by atoms with Gasteiger partial charge in [0.25, 0.3) is 0 Å². The zero-order valence-corrected chi connectivity index (χ0v) is 19.9. The fraction of sp³-hybridized carbons (Fsp3) is 0. The SMILES string of the molecule is O=S(=O)(c1ccccc1)c1cccc(-c2nc3c(nc4sc5ccccc5n43)c3ccccc23)c1. The topological polar surface area (TPSA) is 64.3 Å². The van der Waals surface area contributed by atoms with Crippen molar-refractivity contribution >= 4 is 58.3 Å². The highest BCUT2D eigenvalue weighted by Gasteiger charge is 2.21. The van der Waals surface area contributed by atoms with Crippen molar-refractivity contribution in [2.75, 3.05) is 0 Å². The molecule has 0 aliphatic rings. The first kappa shape index (κ1) is 20.3. The average molecular weight is 492 g/mol. The molecule has 0 atom stereocenters. The van der Waals surface area contributed by atoms with Crippen LogP contribution in [-0.2, 0) is 9.84 Å². The second kappa shape index (κ2) is 7.46. The van der Waals surface area contributed by atoms with Crippen LogP contribution in [0.5, 0.6) is 0 Å². The first-order valence-corrected chi connectivity index (χ1v) is 13.4. The van der Waals surface area contributed by atoms with Crippen molar-refractivity contribution in [3.05, 3.63) is 103 Å². The summed E-state index contributed by atoms with van der Waals surface area (Å²) in [7, 11) is -3.65. The Morgan fingerprint density at radius 3 is 2.26 bits per heavy atom. The van der Waals surface area contributed by atoms with Crippen molar-refractivity contribution < 1.29 is 8.42 Å². The first-order valence-electron chi connectivity index (χ1n) is 11.1. The van der Waals surface area contributed by atoms with Crippen LogP contribution in [-0.4, -0.2) is 22.8 Å². The Bertz CT molecular complexity index is 2020. The smallest absolute Gasteiger partial charge is 0.206 e. The third kappa shape index (κ3) is 3.02. The molecule has 0 spiro atoms. The minimum atomic E-state index is -3.65. The largest absolute Gasteiger partial charge is 0.267 e. The Balaban J connectivity index is 1.53. The molecule has 168 valence electrons. The Morgan fingerprint density at radius 2 is 1.40 bits per heavy atom. The maximum absolute atomic E-state index is 13.3. The number of benzene rings is 4. The molecule has 3 heterocycles. The molecule has 4 aromatic carbocycles. The maximum atomic E-state index is 13.3. The van der Waals surface area contributed by atoms with Crippen LogP contribution in [0.1, 0.15) is 0 Å². The van der Waals surface area contributed by atoms with Gasteiger partial charge in [0.15, 0.2) is 10.6 Å². The predicted octanol–water partition coefficient (Wildman–Crippen LogP) is 6.75. The highest BCUT2D eigenvalue weighted by Crippen LogP contribution is 2.37. The zero-order chi connectivity index (χ0) is 23.6. The molecule has 0 saturated heterocycles. The lowest BCUT2D eigenvalue weighted by Gasteiger charge is -2.10. The summed E-state index contributed by atoms with van der Waals surface area (Å²) >= 11 is 1.63. The zero-order valence-electron chi connectivity index (χ0n) is 18.3. The molecule has 7 aromatic rings. The van der Waals surface area contributed by atoms with E-state index in [1.165, 1.54) is 0 Å². The van der Waals surface area contributed by atoms with Gasteiger partial charge in [-0.1, -0.05) is 78.1 Å². The summed E-state index contributed by atoms with van der Waals surface area (Å²) in [5.74, 6) is 0. The van der Waals surface area contributed by atoms with E-state index < -0.39 is 9.84 Å². The van der Waals surface area contributed by atoms with E-state index in [0.717, 1.165) is 48.4 Å². The van der Waals surface area contributed by atoms with E-state index in [2.05, 4.69) is 16.5 Å². The molecule has 0 amide bonds. The van der Waals surface area contributed by atoms with Crippen LogP contribution in [0, 0.1) is 0 Å². The van der Waals surface area contributed by atoms with Gasteiger partial charge in [0, 0.05) is 16.3 Å². The summed E-state index contributed by atoms with van der Waals surface area (Å²) in [6, 6.07) is 31.8. The van der Waals surface area contributed by atoms with Crippen LogP contribution in [0.25, 0.3) is 48.4 Å². The number of hydrogen-bond donors (Lipinski definition) is 0. The Kier molecular flexibility index (Phi) is 4.33. The Labute approximate surface area is 204 Å². The van der Waals surface area contributed by atoms with Crippen molar-refractivity contribution in [1.29, 1.82) is 0 Å². The van der Waals surface area contributed by atoms with E-state index in [9.17, 15) is 8.42 Å². The number of pyridine rings is 1. The molecule has 3 aromatic heterocycles. The number of imidazole rings is 1. The average Bonchev–Trinajstić information content (AvgIpc) is 3.45. The highest BCUT2D eigenvalue weighted by atomic mass is 32.2. The van der Waals surface area contributed by atoms with Crippen LogP contribution in [0.3, 0.4) is 0 Å². The molecular formula is C28H17N3O2S2. The normalized spacial score (nSPS) is 12.2. The third-order valence-electron chi connectivity index (χ3n) is 6.26. The highest BCUT2D eigenvalue weighted by molar-refractivity contribution is 7.91. The number of sulfone groups is 1.